The summed E-state index contributed by atoms with van der Waals surface area (Å²) in [7, 11) is 0. The predicted molar refractivity (Wildman–Crippen MR) is 130 cm³/mol. The number of benzene rings is 2. The van der Waals surface area contributed by atoms with E-state index in [0.717, 1.165) is 86.9 Å². The lowest BCUT2D eigenvalue weighted by Crippen LogP contribution is -2.47. The molecular weight excluding hydrogens is 417 g/mol. The summed E-state index contributed by atoms with van der Waals surface area (Å²) in [5.41, 5.74) is 2.49. The van der Waals surface area contributed by atoms with E-state index in [0.29, 0.717) is 5.69 Å². The van der Waals surface area contributed by atoms with Crippen molar-refractivity contribution in [3.63, 3.8) is 0 Å². The molecule has 0 aliphatic carbocycles. The lowest BCUT2D eigenvalue weighted by molar-refractivity contribution is 0.256. The second-order valence-electron chi connectivity index (χ2n) is 8.53. The zero-order valence-electron chi connectivity index (χ0n) is 19.0. The first kappa shape index (κ1) is 21.6. The van der Waals surface area contributed by atoms with Crippen LogP contribution < -0.4 is 10.2 Å². The molecule has 1 aliphatic heterocycles. The Balaban J connectivity index is 1.19. The molecule has 0 saturated carbocycles. The average Bonchev–Trinajstić information content (AvgIpc) is 3.27. The molecule has 172 valence electrons. The summed E-state index contributed by atoms with van der Waals surface area (Å²) in [6.45, 7) is 7.51. The van der Waals surface area contributed by atoms with Crippen LogP contribution in [0, 0.1) is 5.82 Å². The van der Waals surface area contributed by atoms with Crippen LogP contribution in [0.25, 0.3) is 16.6 Å². The molecule has 2 aromatic heterocycles. The third-order valence-corrected chi connectivity index (χ3v) is 6.20. The number of piperazine rings is 1. The fraction of sp³-hybridized carbons (Fsp3) is 0.400. The second kappa shape index (κ2) is 9.70. The maximum atomic E-state index is 14.1. The highest BCUT2D eigenvalue weighted by molar-refractivity contribution is 5.92. The number of hydrogen-bond acceptors (Lipinski definition) is 6. The Labute approximate surface area is 193 Å². The maximum absolute atomic E-state index is 14.1. The van der Waals surface area contributed by atoms with Crippen molar-refractivity contribution in [1.29, 1.82) is 0 Å². The van der Waals surface area contributed by atoms with E-state index in [1.165, 1.54) is 6.07 Å². The standard InChI is InChI=1S/C25H30FN7/c1-2-8-23-29-24-19-9-3-5-11-21(19)28-25(33(24)30-23)27-13-7-14-31-15-17-32(18-16-31)22-12-6-4-10-20(22)26/h3-6,9-12H,2,7-8,13-18H2,1H3,(H,27,28). The highest BCUT2D eigenvalue weighted by atomic mass is 19.1. The number of aromatic nitrogens is 4. The van der Waals surface area contributed by atoms with Gasteiger partial charge in [0.15, 0.2) is 11.5 Å². The number of halogens is 1. The Morgan fingerprint density at radius 2 is 1.76 bits per heavy atom. The van der Waals surface area contributed by atoms with Crippen molar-refractivity contribution in [2.75, 3.05) is 49.5 Å². The largest absolute Gasteiger partial charge is 0.367 e. The van der Waals surface area contributed by atoms with Crippen LogP contribution in [0.15, 0.2) is 48.5 Å². The second-order valence-corrected chi connectivity index (χ2v) is 8.53. The molecular formula is C25H30FN7. The summed E-state index contributed by atoms with van der Waals surface area (Å²) in [6, 6.07) is 15.1. The van der Waals surface area contributed by atoms with Crippen molar-refractivity contribution in [3.05, 3.63) is 60.2 Å². The average molecular weight is 448 g/mol. The van der Waals surface area contributed by atoms with Crippen LogP contribution in [0.5, 0.6) is 0 Å². The Hall–Kier alpha value is -3.26. The van der Waals surface area contributed by atoms with E-state index in [4.69, 9.17) is 15.1 Å². The van der Waals surface area contributed by atoms with E-state index >= 15 is 0 Å². The number of nitrogens with zero attached hydrogens (tertiary/aromatic N) is 6. The van der Waals surface area contributed by atoms with Gasteiger partial charge in [-0.25, -0.2) is 14.4 Å². The molecule has 0 bridgehead atoms. The van der Waals surface area contributed by atoms with Gasteiger partial charge in [0.1, 0.15) is 5.82 Å². The molecule has 0 radical (unpaired) electrons. The quantitative estimate of drug-likeness (QED) is 0.412. The van der Waals surface area contributed by atoms with Gasteiger partial charge in [0.2, 0.25) is 5.95 Å². The number of rotatable bonds is 8. The molecule has 8 heteroatoms. The number of nitrogens with one attached hydrogen (secondary N) is 1. The summed E-state index contributed by atoms with van der Waals surface area (Å²) in [5.74, 6) is 1.45. The van der Waals surface area contributed by atoms with Crippen LogP contribution in [0.3, 0.4) is 0 Å². The third kappa shape index (κ3) is 4.61. The molecule has 0 atom stereocenters. The third-order valence-electron chi connectivity index (χ3n) is 6.20. The molecule has 7 nitrogen and oxygen atoms in total. The van der Waals surface area contributed by atoms with Gasteiger partial charge in [0.25, 0.3) is 0 Å². The lowest BCUT2D eigenvalue weighted by Gasteiger charge is -2.36. The molecule has 3 heterocycles. The first-order valence-corrected chi connectivity index (χ1v) is 11.8. The molecule has 0 spiro atoms. The summed E-state index contributed by atoms with van der Waals surface area (Å²) < 4.78 is 15.9. The number of fused-ring (bicyclic) bond motifs is 3. The number of para-hydroxylation sites is 2. The molecule has 1 saturated heterocycles. The van der Waals surface area contributed by atoms with Crippen molar-refractivity contribution in [3.8, 4) is 0 Å². The van der Waals surface area contributed by atoms with E-state index in [2.05, 4.69) is 22.0 Å². The van der Waals surface area contributed by atoms with Gasteiger partial charge in [-0.05, 0) is 43.7 Å². The van der Waals surface area contributed by atoms with Gasteiger partial charge in [-0.1, -0.05) is 31.2 Å². The predicted octanol–water partition coefficient (Wildman–Crippen LogP) is 3.99. The lowest BCUT2D eigenvalue weighted by atomic mass is 10.2. The Bertz CT molecular complexity index is 1230. The van der Waals surface area contributed by atoms with Crippen LogP contribution >= 0.6 is 0 Å². The first-order chi connectivity index (χ1) is 16.2. The minimum absolute atomic E-state index is 0.139. The van der Waals surface area contributed by atoms with Crippen molar-refractivity contribution in [1.82, 2.24) is 24.5 Å². The fourth-order valence-corrected chi connectivity index (χ4v) is 4.47. The first-order valence-electron chi connectivity index (χ1n) is 11.8. The normalized spacial score (nSPS) is 14.9. The summed E-state index contributed by atoms with van der Waals surface area (Å²) >= 11 is 0. The summed E-state index contributed by atoms with van der Waals surface area (Å²) in [4.78, 5) is 14.1. The molecule has 0 unspecified atom stereocenters. The van der Waals surface area contributed by atoms with Crippen LogP contribution in [-0.4, -0.2) is 63.8 Å². The van der Waals surface area contributed by atoms with Crippen molar-refractivity contribution in [2.45, 2.75) is 26.2 Å². The number of aryl methyl sites for hydroxylation is 1. The van der Waals surface area contributed by atoms with Crippen LogP contribution in [0.1, 0.15) is 25.6 Å². The van der Waals surface area contributed by atoms with E-state index in [9.17, 15) is 4.39 Å². The van der Waals surface area contributed by atoms with Gasteiger partial charge in [-0.3, -0.25) is 4.90 Å². The molecule has 1 fully saturated rings. The van der Waals surface area contributed by atoms with E-state index in [1.54, 1.807) is 6.07 Å². The molecule has 1 N–H and O–H groups in total. The van der Waals surface area contributed by atoms with E-state index in [-0.39, 0.29) is 5.82 Å². The molecule has 33 heavy (non-hydrogen) atoms. The topological polar surface area (TPSA) is 61.6 Å². The molecule has 5 rings (SSSR count). The fourth-order valence-electron chi connectivity index (χ4n) is 4.47. The van der Waals surface area contributed by atoms with Crippen molar-refractivity contribution in [2.24, 2.45) is 0 Å². The monoisotopic (exact) mass is 447 g/mol. The van der Waals surface area contributed by atoms with Gasteiger partial charge in [-0.2, -0.15) is 4.52 Å². The van der Waals surface area contributed by atoms with Gasteiger partial charge in [-0.15, -0.1) is 5.10 Å². The molecule has 0 amide bonds. The van der Waals surface area contributed by atoms with Crippen LogP contribution in [0.4, 0.5) is 16.0 Å². The summed E-state index contributed by atoms with van der Waals surface area (Å²) in [5, 5.41) is 9.20. The Kier molecular flexibility index (Phi) is 6.35. The SMILES string of the molecule is CCCc1nc2c3ccccc3nc(NCCCN3CCN(c4ccccc4F)CC3)n2n1. The van der Waals surface area contributed by atoms with Crippen LogP contribution in [0.2, 0.25) is 0 Å². The van der Waals surface area contributed by atoms with Crippen molar-refractivity contribution < 1.29 is 4.39 Å². The van der Waals surface area contributed by atoms with Gasteiger partial charge >= 0.3 is 0 Å². The molecule has 1 aliphatic rings. The van der Waals surface area contributed by atoms with Gasteiger partial charge in [0.05, 0.1) is 11.2 Å². The van der Waals surface area contributed by atoms with E-state index in [1.807, 2.05) is 40.9 Å². The minimum atomic E-state index is -0.139. The van der Waals surface area contributed by atoms with Gasteiger partial charge in [0, 0.05) is 44.5 Å². The Morgan fingerprint density at radius 1 is 0.970 bits per heavy atom. The molecule has 4 aromatic rings. The van der Waals surface area contributed by atoms with Crippen molar-refractivity contribution >= 4 is 28.2 Å². The van der Waals surface area contributed by atoms with E-state index < -0.39 is 0 Å². The minimum Gasteiger partial charge on any atom is -0.367 e. The smallest absolute Gasteiger partial charge is 0.226 e. The maximum Gasteiger partial charge on any atom is 0.226 e. The van der Waals surface area contributed by atoms with Gasteiger partial charge < -0.3 is 10.2 Å². The highest BCUT2D eigenvalue weighted by Gasteiger charge is 2.19. The van der Waals surface area contributed by atoms with Crippen LogP contribution in [-0.2, 0) is 6.42 Å². The highest BCUT2D eigenvalue weighted by Crippen LogP contribution is 2.22. The zero-order chi connectivity index (χ0) is 22.6. The molecule has 2 aromatic carbocycles. The summed E-state index contributed by atoms with van der Waals surface area (Å²) in [6.07, 6.45) is 2.86. The number of hydrogen-bond donors (Lipinski definition) is 1. The number of anilines is 2. The zero-order valence-corrected chi connectivity index (χ0v) is 19.0. The Morgan fingerprint density at radius 3 is 2.58 bits per heavy atom.